The lowest BCUT2D eigenvalue weighted by molar-refractivity contribution is -0.137. The number of carbonyl (C=O) groups is 1. The van der Waals surface area contributed by atoms with Crippen LogP contribution in [0.25, 0.3) is 0 Å². The highest BCUT2D eigenvalue weighted by molar-refractivity contribution is 7.99. The maximum Gasteiger partial charge on any atom is 0.417 e. The number of imidazole rings is 1. The Labute approximate surface area is 161 Å². The van der Waals surface area contributed by atoms with E-state index in [4.69, 9.17) is 16.3 Å². The molecule has 27 heavy (non-hydrogen) atoms. The van der Waals surface area contributed by atoms with E-state index in [9.17, 15) is 18.0 Å². The number of halogens is 4. The number of hydrogen-bond acceptors (Lipinski definition) is 6. The van der Waals surface area contributed by atoms with Gasteiger partial charge in [-0.1, -0.05) is 11.6 Å². The summed E-state index contributed by atoms with van der Waals surface area (Å²) in [5, 5.41) is 2.15. The minimum atomic E-state index is -4.52. The lowest BCUT2D eigenvalue weighted by Crippen LogP contribution is -2.48. The zero-order valence-corrected chi connectivity index (χ0v) is 15.7. The van der Waals surface area contributed by atoms with Crippen LogP contribution in [0.3, 0.4) is 0 Å². The molecule has 1 N–H and O–H groups in total. The molecule has 146 valence electrons. The quantitative estimate of drug-likeness (QED) is 0.818. The van der Waals surface area contributed by atoms with Gasteiger partial charge in [0.15, 0.2) is 5.16 Å². The molecule has 1 aliphatic rings. The Hall–Kier alpha value is -1.82. The van der Waals surface area contributed by atoms with Crippen molar-refractivity contribution in [2.45, 2.75) is 16.4 Å². The minimum Gasteiger partial charge on any atom is -0.379 e. The molecular formula is C15H15ClF3N5O2S. The van der Waals surface area contributed by atoms with Gasteiger partial charge in [-0.25, -0.2) is 15.0 Å². The van der Waals surface area contributed by atoms with Gasteiger partial charge < -0.3 is 9.30 Å². The van der Waals surface area contributed by atoms with E-state index in [0.29, 0.717) is 43.4 Å². The lowest BCUT2D eigenvalue weighted by Gasteiger charge is -2.26. The Morgan fingerprint density at radius 3 is 2.63 bits per heavy atom. The number of alkyl halides is 3. The first-order valence-corrected chi connectivity index (χ1v) is 9.01. The average molecular weight is 422 g/mol. The number of ether oxygens (including phenoxy) is 1. The van der Waals surface area contributed by atoms with Crippen LogP contribution in [0.15, 0.2) is 28.6 Å². The molecule has 0 aromatic carbocycles. The third-order valence-electron chi connectivity index (χ3n) is 3.77. The second-order valence-corrected chi connectivity index (χ2v) is 7.00. The fourth-order valence-electron chi connectivity index (χ4n) is 2.32. The molecular weight excluding hydrogens is 407 g/mol. The van der Waals surface area contributed by atoms with Gasteiger partial charge >= 0.3 is 6.18 Å². The fraction of sp³-hybridized carbons (Fsp3) is 0.400. The summed E-state index contributed by atoms with van der Waals surface area (Å²) in [7, 11) is 1.63. The molecule has 0 bridgehead atoms. The number of nitrogens with one attached hydrogen (secondary N) is 1. The van der Waals surface area contributed by atoms with Gasteiger partial charge in [-0.3, -0.25) is 10.2 Å². The van der Waals surface area contributed by atoms with E-state index >= 15 is 0 Å². The lowest BCUT2D eigenvalue weighted by atomic mass is 10.3. The highest BCUT2D eigenvalue weighted by Gasteiger charge is 2.31. The van der Waals surface area contributed by atoms with E-state index in [1.54, 1.807) is 12.1 Å². The number of nitrogens with zero attached hydrogens (tertiary/aromatic N) is 4. The predicted molar refractivity (Wildman–Crippen MR) is 91.4 cm³/mol. The Balaban J connectivity index is 1.72. The molecule has 1 amide bonds. The van der Waals surface area contributed by atoms with Gasteiger partial charge in [-0.2, -0.15) is 13.2 Å². The summed E-state index contributed by atoms with van der Waals surface area (Å²) in [4.78, 5) is 20.3. The molecule has 0 spiro atoms. The zero-order valence-electron chi connectivity index (χ0n) is 14.1. The molecule has 3 heterocycles. The van der Waals surface area contributed by atoms with Gasteiger partial charge in [0, 0.05) is 26.3 Å². The second-order valence-electron chi connectivity index (χ2n) is 5.64. The Kier molecular flexibility index (Phi) is 5.94. The number of morpholine rings is 1. The first kappa shape index (κ1) is 19.9. The fourth-order valence-corrected chi connectivity index (χ4v) is 3.37. The number of pyridine rings is 1. The number of aromatic nitrogens is 3. The summed E-state index contributed by atoms with van der Waals surface area (Å²) in [6, 6.07) is 0.811. The summed E-state index contributed by atoms with van der Waals surface area (Å²) in [6.45, 7) is 2.22. The predicted octanol–water partition coefficient (Wildman–Crippen LogP) is 2.62. The molecule has 1 saturated heterocycles. The van der Waals surface area contributed by atoms with Crippen LogP contribution in [-0.2, 0) is 18.0 Å². The molecule has 3 rings (SSSR count). The first-order valence-electron chi connectivity index (χ1n) is 7.81. The van der Waals surface area contributed by atoms with E-state index in [1.165, 1.54) is 10.8 Å². The van der Waals surface area contributed by atoms with Crippen LogP contribution in [0.4, 0.5) is 13.2 Å². The number of carbonyl (C=O) groups excluding carboxylic acids is 1. The minimum absolute atomic E-state index is 0.142. The molecule has 0 saturated carbocycles. The van der Waals surface area contributed by atoms with Crippen LogP contribution in [-0.4, -0.2) is 51.8 Å². The third kappa shape index (κ3) is 4.72. The molecule has 0 atom stereocenters. The Morgan fingerprint density at radius 1 is 1.30 bits per heavy atom. The average Bonchev–Trinajstić information content (AvgIpc) is 2.97. The Bertz CT molecular complexity index is 839. The smallest absolute Gasteiger partial charge is 0.379 e. The molecule has 12 heteroatoms. The zero-order chi connectivity index (χ0) is 19.6. The largest absolute Gasteiger partial charge is 0.417 e. The Morgan fingerprint density at radius 2 is 2.00 bits per heavy atom. The van der Waals surface area contributed by atoms with Crippen molar-refractivity contribution in [2.24, 2.45) is 7.05 Å². The van der Waals surface area contributed by atoms with Crippen molar-refractivity contribution < 1.29 is 22.7 Å². The van der Waals surface area contributed by atoms with E-state index in [0.717, 1.165) is 17.8 Å². The second kappa shape index (κ2) is 8.05. The molecule has 1 aliphatic heterocycles. The molecule has 2 aromatic rings. The van der Waals surface area contributed by atoms with Gasteiger partial charge in [0.1, 0.15) is 10.7 Å². The number of hydrazine groups is 1. The normalized spacial score (nSPS) is 15.7. The van der Waals surface area contributed by atoms with Crippen LogP contribution in [0, 0.1) is 0 Å². The van der Waals surface area contributed by atoms with Crippen molar-refractivity contribution >= 4 is 29.3 Å². The molecule has 0 radical (unpaired) electrons. The van der Waals surface area contributed by atoms with Gasteiger partial charge in [-0.05, 0) is 17.8 Å². The highest BCUT2D eigenvalue weighted by atomic mass is 35.5. The van der Waals surface area contributed by atoms with Gasteiger partial charge in [0.25, 0.3) is 5.91 Å². The number of amides is 1. The summed E-state index contributed by atoms with van der Waals surface area (Å²) in [6.07, 6.45) is -2.42. The van der Waals surface area contributed by atoms with E-state index < -0.39 is 11.7 Å². The van der Waals surface area contributed by atoms with Crippen molar-refractivity contribution in [1.29, 1.82) is 0 Å². The van der Waals surface area contributed by atoms with Crippen LogP contribution in [0.2, 0.25) is 5.02 Å². The van der Waals surface area contributed by atoms with Crippen LogP contribution in [0.1, 0.15) is 16.1 Å². The van der Waals surface area contributed by atoms with Gasteiger partial charge in [0.05, 0.1) is 30.0 Å². The van der Waals surface area contributed by atoms with Crippen molar-refractivity contribution in [3.63, 3.8) is 0 Å². The molecule has 7 nitrogen and oxygen atoms in total. The summed E-state index contributed by atoms with van der Waals surface area (Å²) >= 11 is 6.89. The van der Waals surface area contributed by atoms with Gasteiger partial charge in [0.2, 0.25) is 0 Å². The summed E-state index contributed by atoms with van der Waals surface area (Å²) in [5.41, 5.74) is 2.14. The standard InChI is InChI=1S/C15H15ClF3N5O2S/c1-23-11(12(25)22-24-2-4-26-5-3-24)8-21-14(23)27-13-10(16)6-9(7-20-13)15(17,18)19/h6-8H,2-5H2,1H3,(H,22,25). The van der Waals surface area contributed by atoms with Crippen LogP contribution >= 0.6 is 23.4 Å². The maximum absolute atomic E-state index is 12.7. The maximum atomic E-state index is 12.7. The first-order chi connectivity index (χ1) is 12.8. The SMILES string of the molecule is Cn1c(C(=O)NN2CCOCC2)cnc1Sc1ncc(C(F)(F)F)cc1Cl. The van der Waals surface area contributed by atoms with E-state index in [2.05, 4.69) is 15.4 Å². The molecule has 0 unspecified atom stereocenters. The monoisotopic (exact) mass is 421 g/mol. The molecule has 0 aliphatic carbocycles. The van der Waals surface area contributed by atoms with Crippen molar-refractivity contribution in [3.05, 3.63) is 34.7 Å². The van der Waals surface area contributed by atoms with Crippen molar-refractivity contribution in [1.82, 2.24) is 25.0 Å². The topological polar surface area (TPSA) is 72.3 Å². The van der Waals surface area contributed by atoms with Crippen LogP contribution < -0.4 is 5.43 Å². The molecule has 2 aromatic heterocycles. The number of rotatable bonds is 4. The van der Waals surface area contributed by atoms with E-state index in [1.807, 2.05) is 0 Å². The van der Waals surface area contributed by atoms with Gasteiger partial charge in [-0.15, -0.1) is 0 Å². The van der Waals surface area contributed by atoms with E-state index in [-0.39, 0.29) is 16.0 Å². The summed E-state index contributed by atoms with van der Waals surface area (Å²) in [5.74, 6) is -0.342. The van der Waals surface area contributed by atoms with Crippen molar-refractivity contribution in [2.75, 3.05) is 26.3 Å². The van der Waals surface area contributed by atoms with Crippen LogP contribution in [0.5, 0.6) is 0 Å². The molecule has 1 fully saturated rings. The van der Waals surface area contributed by atoms with Crippen molar-refractivity contribution in [3.8, 4) is 0 Å². The third-order valence-corrected chi connectivity index (χ3v) is 5.25. The highest BCUT2D eigenvalue weighted by Crippen LogP contribution is 2.35. The summed E-state index contributed by atoms with van der Waals surface area (Å²) < 4.78 is 44.8. The number of hydrogen-bond donors (Lipinski definition) is 1.